The normalized spacial score (nSPS) is 12.1. The lowest BCUT2D eigenvalue weighted by atomic mass is 10.2. The van der Waals surface area contributed by atoms with E-state index in [2.05, 4.69) is 20.0 Å². The molecule has 0 aliphatic carbocycles. The number of hydrogen-bond donors (Lipinski definition) is 3. The number of nitrogens with one attached hydrogen (secondary N) is 2. The van der Waals surface area contributed by atoms with Gasteiger partial charge in [0.05, 0.1) is 11.4 Å². The fourth-order valence-corrected chi connectivity index (χ4v) is 2.83. The summed E-state index contributed by atoms with van der Waals surface area (Å²) in [5.74, 6) is 0.313. The van der Waals surface area contributed by atoms with Gasteiger partial charge >= 0.3 is 0 Å². The van der Waals surface area contributed by atoms with E-state index in [-0.39, 0.29) is 4.90 Å². The molecule has 0 saturated carbocycles. The summed E-state index contributed by atoms with van der Waals surface area (Å²) in [4.78, 5) is 8.66. The maximum atomic E-state index is 11.8. The number of guanidine groups is 1. The van der Waals surface area contributed by atoms with Crippen molar-refractivity contribution >= 4 is 16.0 Å². The van der Waals surface area contributed by atoms with Crippen molar-refractivity contribution in [3.63, 3.8) is 0 Å². The Kier molecular flexibility index (Phi) is 6.28. The Morgan fingerprint density at radius 2 is 2.08 bits per heavy atom. The smallest absolute Gasteiger partial charge is 0.240 e. The van der Waals surface area contributed by atoms with E-state index < -0.39 is 10.0 Å². The first-order valence-electron chi connectivity index (χ1n) is 7.47. The second kappa shape index (κ2) is 8.42. The molecule has 0 spiro atoms. The van der Waals surface area contributed by atoms with Gasteiger partial charge in [0, 0.05) is 24.9 Å². The monoisotopic (exact) mass is 347 g/mol. The van der Waals surface area contributed by atoms with Crippen LogP contribution in [-0.2, 0) is 23.0 Å². The van der Waals surface area contributed by atoms with Gasteiger partial charge in [-0.05, 0) is 36.9 Å². The standard InChI is InChI=1S/C16H21N5O2S/c1-18-24(22,23)15-7-4-5-13(11-15)12-21-16(17)20-10-8-14-6-2-3-9-19-14/h2-7,9,11,18H,8,10,12H2,1H3,(H3,17,20,21). The van der Waals surface area contributed by atoms with Gasteiger partial charge in [0.1, 0.15) is 0 Å². The molecule has 0 unspecified atom stereocenters. The largest absolute Gasteiger partial charge is 0.370 e. The summed E-state index contributed by atoms with van der Waals surface area (Å²) in [6, 6.07) is 12.4. The Balaban J connectivity index is 1.89. The predicted molar refractivity (Wildman–Crippen MR) is 94.0 cm³/mol. The lowest BCUT2D eigenvalue weighted by Crippen LogP contribution is -2.33. The van der Waals surface area contributed by atoms with Crippen LogP contribution in [0.3, 0.4) is 0 Å². The maximum absolute atomic E-state index is 11.8. The molecule has 0 amide bonds. The third-order valence-corrected chi connectivity index (χ3v) is 4.73. The van der Waals surface area contributed by atoms with Gasteiger partial charge in [-0.1, -0.05) is 18.2 Å². The molecule has 0 aliphatic rings. The summed E-state index contributed by atoms with van der Waals surface area (Å²) >= 11 is 0. The van der Waals surface area contributed by atoms with E-state index in [0.717, 1.165) is 17.7 Å². The summed E-state index contributed by atoms with van der Waals surface area (Å²) in [6.45, 7) is 0.927. The molecule has 2 aromatic rings. The predicted octanol–water partition coefficient (Wildman–Crippen LogP) is 0.637. The van der Waals surface area contributed by atoms with Gasteiger partial charge in [-0.25, -0.2) is 18.1 Å². The van der Waals surface area contributed by atoms with E-state index in [4.69, 9.17) is 5.73 Å². The quantitative estimate of drug-likeness (QED) is 0.503. The van der Waals surface area contributed by atoms with Crippen molar-refractivity contribution in [2.75, 3.05) is 13.6 Å². The first kappa shape index (κ1) is 17.9. The summed E-state index contributed by atoms with van der Waals surface area (Å²) in [5, 5.41) is 3.01. The zero-order valence-corrected chi connectivity index (χ0v) is 14.3. The van der Waals surface area contributed by atoms with Gasteiger partial charge in [-0.2, -0.15) is 0 Å². The number of aromatic nitrogens is 1. The van der Waals surface area contributed by atoms with Crippen molar-refractivity contribution < 1.29 is 8.42 Å². The summed E-state index contributed by atoms with van der Waals surface area (Å²) in [6.07, 6.45) is 2.49. The highest BCUT2D eigenvalue weighted by Crippen LogP contribution is 2.11. The van der Waals surface area contributed by atoms with Crippen molar-refractivity contribution in [3.05, 3.63) is 59.9 Å². The van der Waals surface area contributed by atoms with Gasteiger partial charge < -0.3 is 11.1 Å². The number of aliphatic imine (C=N–C) groups is 1. The van der Waals surface area contributed by atoms with Gasteiger partial charge in [0.15, 0.2) is 5.96 Å². The number of hydrogen-bond acceptors (Lipinski definition) is 4. The number of sulfonamides is 1. The maximum Gasteiger partial charge on any atom is 0.240 e. The molecule has 1 aromatic carbocycles. The van der Waals surface area contributed by atoms with Crippen molar-refractivity contribution in [2.24, 2.45) is 10.7 Å². The van der Waals surface area contributed by atoms with Crippen molar-refractivity contribution in [1.29, 1.82) is 0 Å². The number of nitrogens with zero attached hydrogens (tertiary/aromatic N) is 2. The summed E-state index contributed by atoms with van der Waals surface area (Å²) in [5.41, 5.74) is 7.56. The Morgan fingerprint density at radius 3 is 2.79 bits per heavy atom. The number of rotatable bonds is 7. The van der Waals surface area contributed by atoms with Crippen molar-refractivity contribution in [1.82, 2.24) is 15.0 Å². The van der Waals surface area contributed by atoms with Crippen LogP contribution in [0.4, 0.5) is 0 Å². The molecule has 0 bridgehead atoms. The van der Waals surface area contributed by atoms with E-state index >= 15 is 0 Å². The zero-order chi connectivity index (χ0) is 17.4. The minimum Gasteiger partial charge on any atom is -0.370 e. The molecule has 0 fully saturated rings. The van der Waals surface area contributed by atoms with Gasteiger partial charge in [-0.3, -0.25) is 4.98 Å². The second-order valence-electron chi connectivity index (χ2n) is 5.05. The Bertz CT molecular complexity index is 791. The van der Waals surface area contributed by atoms with Crippen molar-refractivity contribution in [2.45, 2.75) is 17.9 Å². The average Bonchev–Trinajstić information content (AvgIpc) is 2.61. The molecule has 0 atom stereocenters. The van der Waals surface area contributed by atoms with Gasteiger partial charge in [0.2, 0.25) is 10.0 Å². The molecule has 128 valence electrons. The summed E-state index contributed by atoms with van der Waals surface area (Å²) < 4.78 is 25.8. The number of nitrogens with two attached hydrogens (primary N) is 1. The highest BCUT2D eigenvalue weighted by molar-refractivity contribution is 7.89. The molecule has 8 heteroatoms. The molecule has 2 rings (SSSR count). The molecule has 1 aromatic heterocycles. The first-order valence-corrected chi connectivity index (χ1v) is 8.96. The van der Waals surface area contributed by atoms with E-state index in [1.165, 1.54) is 13.1 Å². The fourth-order valence-electron chi connectivity index (χ4n) is 2.03. The van der Waals surface area contributed by atoms with Crippen LogP contribution in [0.15, 0.2) is 58.5 Å². The Labute approximate surface area is 142 Å². The van der Waals surface area contributed by atoms with E-state index in [9.17, 15) is 8.42 Å². The zero-order valence-electron chi connectivity index (χ0n) is 13.4. The molecular weight excluding hydrogens is 326 g/mol. The van der Waals surface area contributed by atoms with E-state index in [1.807, 2.05) is 18.2 Å². The second-order valence-corrected chi connectivity index (χ2v) is 6.94. The van der Waals surface area contributed by atoms with E-state index in [0.29, 0.717) is 19.0 Å². The van der Waals surface area contributed by atoms with Crippen LogP contribution in [0.2, 0.25) is 0 Å². The molecule has 7 nitrogen and oxygen atoms in total. The van der Waals surface area contributed by atoms with Crippen LogP contribution >= 0.6 is 0 Å². The minimum absolute atomic E-state index is 0.208. The summed E-state index contributed by atoms with van der Waals surface area (Å²) in [7, 11) is -2.08. The third kappa shape index (κ3) is 5.32. The average molecular weight is 347 g/mol. The first-order chi connectivity index (χ1) is 11.5. The van der Waals surface area contributed by atoms with E-state index in [1.54, 1.807) is 24.4 Å². The molecule has 4 N–H and O–H groups in total. The van der Waals surface area contributed by atoms with Crippen LogP contribution in [0.1, 0.15) is 11.3 Å². The van der Waals surface area contributed by atoms with Gasteiger partial charge in [-0.15, -0.1) is 0 Å². The highest BCUT2D eigenvalue weighted by atomic mass is 32.2. The molecular formula is C16H21N5O2S. The third-order valence-electron chi connectivity index (χ3n) is 3.32. The Morgan fingerprint density at radius 1 is 1.25 bits per heavy atom. The lowest BCUT2D eigenvalue weighted by Gasteiger charge is -2.06. The molecule has 1 heterocycles. The molecule has 0 radical (unpaired) electrons. The SMILES string of the molecule is CNS(=O)(=O)c1cccc(CN=C(N)NCCc2ccccn2)c1. The lowest BCUT2D eigenvalue weighted by molar-refractivity contribution is 0.588. The highest BCUT2D eigenvalue weighted by Gasteiger charge is 2.11. The molecule has 0 aliphatic heterocycles. The van der Waals surface area contributed by atoms with Crippen LogP contribution in [-0.4, -0.2) is 33.0 Å². The molecule has 0 saturated heterocycles. The van der Waals surface area contributed by atoms with Crippen LogP contribution in [0, 0.1) is 0 Å². The van der Waals surface area contributed by atoms with Crippen LogP contribution < -0.4 is 15.8 Å². The fraction of sp³-hybridized carbons (Fsp3) is 0.250. The van der Waals surface area contributed by atoms with Crippen LogP contribution in [0.5, 0.6) is 0 Å². The topological polar surface area (TPSA) is 109 Å². The Hall–Kier alpha value is -2.45. The van der Waals surface area contributed by atoms with Crippen LogP contribution in [0.25, 0.3) is 0 Å². The van der Waals surface area contributed by atoms with Gasteiger partial charge in [0.25, 0.3) is 0 Å². The minimum atomic E-state index is -3.46. The molecule has 24 heavy (non-hydrogen) atoms. The number of benzene rings is 1. The number of pyridine rings is 1. The van der Waals surface area contributed by atoms with Crippen molar-refractivity contribution in [3.8, 4) is 0 Å².